The molecule has 0 bridgehead atoms. The molecule has 0 saturated carbocycles. The van der Waals surface area contributed by atoms with Crippen LogP contribution in [0.25, 0.3) is 11.0 Å². The van der Waals surface area contributed by atoms with E-state index in [1.54, 1.807) is 23.4 Å². The van der Waals surface area contributed by atoms with Gasteiger partial charge in [0.15, 0.2) is 5.76 Å². The Hall–Kier alpha value is -2.92. The first kappa shape index (κ1) is 18.4. The first-order chi connectivity index (χ1) is 13.6. The van der Waals surface area contributed by atoms with Gasteiger partial charge in [-0.2, -0.15) is 0 Å². The number of halogens is 1. The molecule has 28 heavy (non-hydrogen) atoms. The Kier molecular flexibility index (Phi) is 5.26. The molecule has 0 aliphatic rings. The number of hydrogen-bond acceptors (Lipinski definition) is 3. The molecule has 0 spiro atoms. The molecule has 0 unspecified atom stereocenters. The molecule has 1 amide bonds. The minimum absolute atomic E-state index is 0.143. The number of furan rings is 1. The lowest BCUT2D eigenvalue weighted by Crippen LogP contribution is -2.30. The van der Waals surface area contributed by atoms with E-state index in [9.17, 15) is 4.79 Å². The van der Waals surface area contributed by atoms with E-state index in [0.717, 1.165) is 26.5 Å². The fraction of sp³-hybridized carbons (Fsp3) is 0.130. The molecule has 4 aromatic rings. The van der Waals surface area contributed by atoms with Crippen LogP contribution in [0.4, 0.5) is 0 Å². The van der Waals surface area contributed by atoms with E-state index in [2.05, 4.69) is 33.9 Å². The maximum absolute atomic E-state index is 13.3. The average Bonchev–Trinajstić information content (AvgIpc) is 3.15. The summed E-state index contributed by atoms with van der Waals surface area (Å²) in [5.74, 6) is 0.189. The zero-order valence-electron chi connectivity index (χ0n) is 15.4. The molecule has 140 valence electrons. The van der Waals surface area contributed by atoms with Gasteiger partial charge in [-0.15, -0.1) is 0 Å². The van der Waals surface area contributed by atoms with Crippen LogP contribution >= 0.6 is 15.9 Å². The van der Waals surface area contributed by atoms with Gasteiger partial charge in [0.1, 0.15) is 5.58 Å². The van der Waals surface area contributed by atoms with Crippen molar-refractivity contribution in [3.63, 3.8) is 0 Å². The fourth-order valence-corrected chi connectivity index (χ4v) is 3.66. The van der Waals surface area contributed by atoms with Gasteiger partial charge < -0.3 is 9.32 Å². The zero-order valence-corrected chi connectivity index (χ0v) is 17.0. The summed E-state index contributed by atoms with van der Waals surface area (Å²) in [6, 6.07) is 19.5. The Morgan fingerprint density at radius 3 is 2.68 bits per heavy atom. The van der Waals surface area contributed by atoms with Crippen LogP contribution in [0.1, 0.15) is 27.2 Å². The van der Waals surface area contributed by atoms with Crippen molar-refractivity contribution in [3.05, 3.63) is 100.0 Å². The van der Waals surface area contributed by atoms with Gasteiger partial charge >= 0.3 is 0 Å². The van der Waals surface area contributed by atoms with Crippen molar-refractivity contribution < 1.29 is 9.21 Å². The molecular formula is C23H19BrN2O2. The van der Waals surface area contributed by atoms with E-state index in [1.807, 2.05) is 48.5 Å². The van der Waals surface area contributed by atoms with Crippen molar-refractivity contribution in [1.29, 1.82) is 0 Å². The van der Waals surface area contributed by atoms with E-state index < -0.39 is 0 Å². The molecule has 0 fully saturated rings. The number of amides is 1. The first-order valence-corrected chi connectivity index (χ1v) is 9.82. The summed E-state index contributed by atoms with van der Waals surface area (Å²) in [5, 5.41) is 0.898. The van der Waals surface area contributed by atoms with E-state index in [1.165, 1.54) is 0 Å². The molecule has 2 heterocycles. The topological polar surface area (TPSA) is 46.3 Å². The fourth-order valence-electron chi connectivity index (χ4n) is 3.19. The maximum atomic E-state index is 13.3. The Morgan fingerprint density at radius 1 is 1.07 bits per heavy atom. The third-order valence-electron chi connectivity index (χ3n) is 4.71. The number of fused-ring (bicyclic) bond motifs is 1. The van der Waals surface area contributed by atoms with Crippen molar-refractivity contribution in [2.45, 2.75) is 20.0 Å². The number of para-hydroxylation sites is 1. The largest absolute Gasteiger partial charge is 0.450 e. The number of pyridine rings is 1. The second-order valence-electron chi connectivity index (χ2n) is 6.72. The Bertz CT molecular complexity index is 1120. The van der Waals surface area contributed by atoms with Crippen LogP contribution < -0.4 is 0 Å². The van der Waals surface area contributed by atoms with Crippen LogP contribution in [0.3, 0.4) is 0 Å². The van der Waals surface area contributed by atoms with Gasteiger partial charge in [-0.1, -0.05) is 42.5 Å². The van der Waals surface area contributed by atoms with Crippen molar-refractivity contribution in [1.82, 2.24) is 9.88 Å². The third-order valence-corrected chi connectivity index (χ3v) is 5.34. The maximum Gasteiger partial charge on any atom is 0.290 e. The van der Waals surface area contributed by atoms with Crippen molar-refractivity contribution in [2.24, 2.45) is 0 Å². The number of aryl methyl sites for hydroxylation is 1. The number of benzene rings is 2. The summed E-state index contributed by atoms with van der Waals surface area (Å²) in [4.78, 5) is 19.3. The molecule has 2 aromatic carbocycles. The summed E-state index contributed by atoms with van der Waals surface area (Å²) in [6.07, 6.45) is 3.52. The van der Waals surface area contributed by atoms with Gasteiger partial charge in [-0.05, 0) is 57.7 Å². The highest BCUT2D eigenvalue weighted by atomic mass is 79.9. The van der Waals surface area contributed by atoms with Gasteiger partial charge in [0.25, 0.3) is 5.91 Å². The lowest BCUT2D eigenvalue weighted by atomic mass is 10.1. The van der Waals surface area contributed by atoms with Gasteiger partial charge in [-0.25, -0.2) is 0 Å². The summed E-state index contributed by atoms with van der Waals surface area (Å²) in [5.41, 5.74) is 3.92. The smallest absolute Gasteiger partial charge is 0.290 e. The first-order valence-electron chi connectivity index (χ1n) is 9.02. The molecule has 5 heteroatoms. The summed E-state index contributed by atoms with van der Waals surface area (Å²) in [7, 11) is 0. The summed E-state index contributed by atoms with van der Waals surface area (Å²) >= 11 is 3.49. The second kappa shape index (κ2) is 7.98. The predicted octanol–water partition coefficient (Wildman–Crippen LogP) is 5.74. The van der Waals surface area contributed by atoms with E-state index >= 15 is 0 Å². The van der Waals surface area contributed by atoms with Crippen LogP contribution in [0, 0.1) is 6.92 Å². The molecule has 2 aromatic heterocycles. The van der Waals surface area contributed by atoms with Crippen molar-refractivity contribution in [2.75, 3.05) is 0 Å². The predicted molar refractivity (Wildman–Crippen MR) is 113 cm³/mol. The number of nitrogens with zero attached hydrogens (tertiary/aromatic N) is 2. The molecule has 4 nitrogen and oxygen atoms in total. The number of hydrogen-bond donors (Lipinski definition) is 0. The van der Waals surface area contributed by atoms with Crippen LogP contribution in [0.5, 0.6) is 0 Å². The highest BCUT2D eigenvalue weighted by Crippen LogP contribution is 2.28. The van der Waals surface area contributed by atoms with Gasteiger partial charge in [-0.3, -0.25) is 9.78 Å². The Morgan fingerprint density at radius 2 is 1.93 bits per heavy atom. The summed E-state index contributed by atoms with van der Waals surface area (Å²) in [6.45, 7) is 3.01. The highest BCUT2D eigenvalue weighted by Gasteiger charge is 2.22. The number of aromatic nitrogens is 1. The molecule has 0 N–H and O–H groups in total. The van der Waals surface area contributed by atoms with Gasteiger partial charge in [0.05, 0.1) is 4.47 Å². The molecular weight excluding hydrogens is 416 g/mol. The van der Waals surface area contributed by atoms with Crippen LogP contribution in [0.15, 0.2) is 81.9 Å². The van der Waals surface area contributed by atoms with E-state index in [0.29, 0.717) is 24.4 Å². The normalized spacial score (nSPS) is 10.9. The van der Waals surface area contributed by atoms with Crippen molar-refractivity contribution in [3.8, 4) is 0 Å². The van der Waals surface area contributed by atoms with E-state index in [-0.39, 0.29) is 5.91 Å². The molecule has 0 aliphatic carbocycles. The number of carbonyl (C=O) groups is 1. The van der Waals surface area contributed by atoms with Crippen LogP contribution in [-0.4, -0.2) is 15.8 Å². The summed E-state index contributed by atoms with van der Waals surface area (Å²) < 4.78 is 6.73. The van der Waals surface area contributed by atoms with Crippen LogP contribution in [-0.2, 0) is 13.1 Å². The lowest BCUT2D eigenvalue weighted by Gasteiger charge is -2.22. The highest BCUT2D eigenvalue weighted by molar-refractivity contribution is 9.10. The number of rotatable bonds is 5. The molecule has 0 aliphatic heterocycles. The zero-order chi connectivity index (χ0) is 19.5. The molecule has 0 saturated heterocycles. The van der Waals surface area contributed by atoms with Gasteiger partial charge in [0, 0.05) is 30.9 Å². The van der Waals surface area contributed by atoms with E-state index in [4.69, 9.17) is 4.42 Å². The molecule has 0 radical (unpaired) electrons. The second-order valence-corrected chi connectivity index (χ2v) is 7.57. The van der Waals surface area contributed by atoms with Gasteiger partial charge in [0.2, 0.25) is 0 Å². The Balaban J connectivity index is 1.69. The van der Waals surface area contributed by atoms with Crippen molar-refractivity contribution >= 4 is 32.8 Å². The molecule has 0 atom stereocenters. The molecule has 4 rings (SSSR count). The third kappa shape index (κ3) is 3.85. The standard InChI is InChI=1S/C23H19BrN2O2/c1-16-6-2-3-8-19(16)15-26(14-17-7-5-11-25-13-17)23(27)21-12-18-9-4-10-20(24)22(18)28-21/h2-13H,14-15H2,1H3. The Labute approximate surface area is 171 Å². The quantitative estimate of drug-likeness (QED) is 0.402. The average molecular weight is 435 g/mol. The lowest BCUT2D eigenvalue weighted by molar-refractivity contribution is 0.0699. The number of carbonyl (C=O) groups excluding carboxylic acids is 1. The minimum atomic E-state index is -0.143. The monoisotopic (exact) mass is 434 g/mol. The van der Waals surface area contributed by atoms with Crippen LogP contribution in [0.2, 0.25) is 0 Å². The minimum Gasteiger partial charge on any atom is -0.450 e. The SMILES string of the molecule is Cc1ccccc1CN(Cc1cccnc1)C(=O)c1cc2cccc(Br)c2o1.